The summed E-state index contributed by atoms with van der Waals surface area (Å²) in [7, 11) is 0. The maximum absolute atomic E-state index is 5.48. The standard InChI is InChI=1S/C16H20N2S2/c19-16-17(9-10-20-16)11-18(13-6-7-13)15-8-5-12-3-1-2-4-14(12)15/h1-4,13,15H,5-11H2/t15-/m0/s1. The van der Waals surface area contributed by atoms with Crippen LogP contribution in [0.25, 0.3) is 0 Å². The fourth-order valence-corrected chi connectivity index (χ4v) is 4.72. The summed E-state index contributed by atoms with van der Waals surface area (Å²) in [6, 6.07) is 10.4. The minimum Gasteiger partial charge on any atom is -0.344 e. The van der Waals surface area contributed by atoms with Crippen LogP contribution in [0, 0.1) is 0 Å². The lowest BCUT2D eigenvalue weighted by Crippen LogP contribution is -2.41. The van der Waals surface area contributed by atoms with Crippen LogP contribution < -0.4 is 0 Å². The molecule has 106 valence electrons. The van der Waals surface area contributed by atoms with Gasteiger partial charge in [0.25, 0.3) is 0 Å². The first kappa shape index (κ1) is 13.1. The minimum atomic E-state index is 0.618. The fourth-order valence-electron chi connectivity index (χ4n) is 3.51. The van der Waals surface area contributed by atoms with Crippen LogP contribution in [0.15, 0.2) is 24.3 Å². The van der Waals surface area contributed by atoms with Crippen LogP contribution in [0.1, 0.15) is 36.4 Å². The summed E-state index contributed by atoms with van der Waals surface area (Å²) in [5.74, 6) is 1.17. The molecule has 0 aromatic heterocycles. The molecule has 1 aromatic carbocycles. The number of hydrogen-bond donors (Lipinski definition) is 0. The van der Waals surface area contributed by atoms with Gasteiger partial charge >= 0.3 is 0 Å². The SMILES string of the molecule is S=C1SCCN1CN(C1CC1)[C@H]1CCc2ccccc21. The van der Waals surface area contributed by atoms with Crippen molar-refractivity contribution in [2.24, 2.45) is 0 Å². The Morgan fingerprint density at radius 3 is 2.85 bits per heavy atom. The monoisotopic (exact) mass is 304 g/mol. The third kappa shape index (κ3) is 2.38. The molecule has 0 spiro atoms. The summed E-state index contributed by atoms with van der Waals surface area (Å²) in [6.07, 6.45) is 5.26. The second-order valence-electron chi connectivity index (χ2n) is 6.02. The number of aryl methyl sites for hydroxylation is 1. The molecule has 2 nitrogen and oxygen atoms in total. The van der Waals surface area contributed by atoms with Crippen LogP contribution in [0.2, 0.25) is 0 Å². The molecule has 1 aromatic rings. The predicted octanol–water partition coefficient (Wildman–Crippen LogP) is 3.43. The third-order valence-electron chi connectivity index (χ3n) is 4.70. The Hall–Kier alpha value is -0.580. The lowest BCUT2D eigenvalue weighted by molar-refractivity contribution is 0.130. The van der Waals surface area contributed by atoms with Crippen molar-refractivity contribution in [3.8, 4) is 0 Å². The van der Waals surface area contributed by atoms with Crippen molar-refractivity contribution >= 4 is 28.3 Å². The highest BCUT2D eigenvalue weighted by Crippen LogP contribution is 2.42. The van der Waals surface area contributed by atoms with Crippen molar-refractivity contribution in [2.45, 2.75) is 37.8 Å². The molecule has 2 fully saturated rings. The predicted molar refractivity (Wildman–Crippen MR) is 89.0 cm³/mol. The number of thiocarbonyl (C=S) groups is 1. The van der Waals surface area contributed by atoms with E-state index in [1.807, 2.05) is 11.8 Å². The van der Waals surface area contributed by atoms with Gasteiger partial charge in [0.05, 0.1) is 6.67 Å². The Morgan fingerprint density at radius 1 is 1.25 bits per heavy atom. The Bertz CT molecular complexity index is 527. The lowest BCUT2D eigenvalue weighted by atomic mass is 10.1. The lowest BCUT2D eigenvalue weighted by Gasteiger charge is -2.33. The number of thioether (sulfide) groups is 1. The van der Waals surface area contributed by atoms with E-state index in [2.05, 4.69) is 34.1 Å². The van der Waals surface area contributed by atoms with Gasteiger partial charge in [0.2, 0.25) is 0 Å². The van der Waals surface area contributed by atoms with E-state index < -0.39 is 0 Å². The van der Waals surface area contributed by atoms with Crippen molar-refractivity contribution in [3.63, 3.8) is 0 Å². The van der Waals surface area contributed by atoms with Gasteiger partial charge in [-0.2, -0.15) is 0 Å². The highest BCUT2D eigenvalue weighted by Gasteiger charge is 2.38. The maximum atomic E-state index is 5.48. The van der Waals surface area contributed by atoms with Crippen LogP contribution >= 0.6 is 24.0 Å². The van der Waals surface area contributed by atoms with Crippen molar-refractivity contribution < 1.29 is 0 Å². The Morgan fingerprint density at radius 2 is 2.10 bits per heavy atom. The molecule has 4 heteroatoms. The van der Waals surface area contributed by atoms with Crippen molar-refractivity contribution in [3.05, 3.63) is 35.4 Å². The highest BCUT2D eigenvalue weighted by atomic mass is 32.2. The second kappa shape index (κ2) is 5.32. The number of rotatable bonds is 4. The normalized spacial score (nSPS) is 25.6. The van der Waals surface area contributed by atoms with Gasteiger partial charge in [-0.05, 0) is 36.8 Å². The summed E-state index contributed by atoms with van der Waals surface area (Å²) in [4.78, 5) is 5.13. The van der Waals surface area contributed by atoms with Gasteiger partial charge in [0, 0.05) is 24.4 Å². The molecule has 1 heterocycles. The van der Waals surface area contributed by atoms with E-state index >= 15 is 0 Å². The summed E-state index contributed by atoms with van der Waals surface area (Å²) >= 11 is 7.32. The van der Waals surface area contributed by atoms with Crippen molar-refractivity contribution in [1.82, 2.24) is 9.80 Å². The molecule has 0 bridgehead atoms. The number of nitrogens with zero attached hydrogens (tertiary/aromatic N) is 2. The molecule has 0 amide bonds. The second-order valence-corrected chi connectivity index (χ2v) is 7.75. The van der Waals surface area contributed by atoms with Crippen LogP contribution in [-0.2, 0) is 6.42 Å². The first-order chi connectivity index (χ1) is 9.83. The zero-order chi connectivity index (χ0) is 13.5. The maximum Gasteiger partial charge on any atom is 0.137 e. The first-order valence-corrected chi connectivity index (χ1v) is 8.97. The van der Waals surface area contributed by atoms with E-state index in [9.17, 15) is 0 Å². The summed E-state index contributed by atoms with van der Waals surface area (Å²) in [5.41, 5.74) is 3.12. The van der Waals surface area contributed by atoms with E-state index in [-0.39, 0.29) is 0 Å². The van der Waals surface area contributed by atoms with Crippen LogP contribution in [-0.4, -0.2) is 39.1 Å². The van der Waals surface area contributed by atoms with Gasteiger partial charge in [-0.3, -0.25) is 4.90 Å². The topological polar surface area (TPSA) is 6.48 Å². The number of fused-ring (bicyclic) bond motifs is 1. The first-order valence-electron chi connectivity index (χ1n) is 7.58. The zero-order valence-corrected chi connectivity index (χ0v) is 13.3. The van der Waals surface area contributed by atoms with E-state index in [4.69, 9.17) is 12.2 Å². The molecule has 0 radical (unpaired) electrons. The van der Waals surface area contributed by atoms with Gasteiger partial charge in [-0.25, -0.2) is 0 Å². The molecule has 1 atom stereocenters. The molecule has 3 aliphatic rings. The molecular formula is C16H20N2S2. The smallest absolute Gasteiger partial charge is 0.137 e. The molecule has 1 saturated carbocycles. The largest absolute Gasteiger partial charge is 0.344 e. The summed E-state index contributed by atoms with van der Waals surface area (Å²) in [5, 5.41) is 0. The van der Waals surface area contributed by atoms with Gasteiger partial charge in [0.15, 0.2) is 0 Å². The zero-order valence-electron chi connectivity index (χ0n) is 11.6. The fraction of sp³-hybridized carbons (Fsp3) is 0.562. The van der Waals surface area contributed by atoms with E-state index in [1.165, 1.54) is 31.4 Å². The highest BCUT2D eigenvalue weighted by molar-refractivity contribution is 8.23. The Labute approximate surface area is 130 Å². The van der Waals surface area contributed by atoms with Crippen LogP contribution in [0.4, 0.5) is 0 Å². The minimum absolute atomic E-state index is 0.618. The Kier molecular flexibility index (Phi) is 3.49. The van der Waals surface area contributed by atoms with Crippen molar-refractivity contribution in [2.75, 3.05) is 19.0 Å². The molecular weight excluding hydrogens is 284 g/mol. The molecule has 0 unspecified atom stereocenters. The Balaban J connectivity index is 1.56. The van der Waals surface area contributed by atoms with Crippen molar-refractivity contribution in [1.29, 1.82) is 0 Å². The van der Waals surface area contributed by atoms with Gasteiger partial charge in [-0.15, -0.1) is 0 Å². The molecule has 0 N–H and O–H groups in total. The van der Waals surface area contributed by atoms with Gasteiger partial charge in [0.1, 0.15) is 4.32 Å². The quantitative estimate of drug-likeness (QED) is 0.786. The number of benzene rings is 1. The summed E-state index contributed by atoms with van der Waals surface area (Å²) < 4.78 is 1.10. The average Bonchev–Trinajstić information content (AvgIpc) is 3.10. The van der Waals surface area contributed by atoms with E-state index in [1.54, 1.807) is 11.1 Å². The van der Waals surface area contributed by atoms with Crippen LogP contribution in [0.3, 0.4) is 0 Å². The third-order valence-corrected chi connectivity index (χ3v) is 6.20. The average molecular weight is 304 g/mol. The molecule has 2 aliphatic carbocycles. The van der Waals surface area contributed by atoms with Crippen LogP contribution in [0.5, 0.6) is 0 Å². The van der Waals surface area contributed by atoms with Gasteiger partial charge in [-0.1, -0.05) is 48.2 Å². The summed E-state index contributed by atoms with van der Waals surface area (Å²) in [6.45, 7) is 2.16. The van der Waals surface area contributed by atoms with Gasteiger partial charge < -0.3 is 4.90 Å². The number of hydrogen-bond acceptors (Lipinski definition) is 3. The van der Waals surface area contributed by atoms with E-state index in [0.29, 0.717) is 6.04 Å². The molecule has 1 saturated heterocycles. The molecule has 20 heavy (non-hydrogen) atoms. The molecule has 1 aliphatic heterocycles. The van der Waals surface area contributed by atoms with E-state index in [0.717, 1.165) is 23.6 Å². The molecule has 4 rings (SSSR count).